The molecule has 0 fully saturated rings. The maximum Gasteiger partial charge on any atom is 0.243 e. The van der Waals surface area contributed by atoms with E-state index in [2.05, 4.69) is 4.98 Å². The average Bonchev–Trinajstić information content (AvgIpc) is 2.55. The van der Waals surface area contributed by atoms with Gasteiger partial charge in [0.05, 0.1) is 11.5 Å². The zero-order valence-corrected chi connectivity index (χ0v) is 13.3. The highest BCUT2D eigenvalue weighted by atomic mass is 32.2. The first-order chi connectivity index (χ1) is 10.6. The number of benzene rings is 1. The first-order valence-electron chi connectivity index (χ1n) is 7.16. The third-order valence-corrected chi connectivity index (χ3v) is 5.26. The molecule has 0 aliphatic rings. The van der Waals surface area contributed by atoms with Crippen LogP contribution >= 0.6 is 0 Å². The summed E-state index contributed by atoms with van der Waals surface area (Å²) in [6, 6.07) is 10.4. The normalized spacial score (nSPS) is 11.8. The minimum Gasteiger partial charge on any atom is -0.395 e. The van der Waals surface area contributed by atoms with Crippen molar-refractivity contribution in [1.82, 2.24) is 9.29 Å². The Morgan fingerprint density at radius 3 is 2.41 bits per heavy atom. The molecule has 0 saturated carbocycles. The molecule has 0 aliphatic carbocycles. The maximum absolute atomic E-state index is 12.7. The van der Waals surface area contributed by atoms with E-state index in [1.54, 1.807) is 30.6 Å². The van der Waals surface area contributed by atoms with Gasteiger partial charge >= 0.3 is 0 Å². The van der Waals surface area contributed by atoms with Gasteiger partial charge in [-0.2, -0.15) is 4.31 Å². The van der Waals surface area contributed by atoms with Crippen LogP contribution in [0.4, 0.5) is 0 Å². The molecule has 0 radical (unpaired) electrons. The van der Waals surface area contributed by atoms with Crippen molar-refractivity contribution in [1.29, 1.82) is 0 Å². The van der Waals surface area contributed by atoms with Gasteiger partial charge in [0.15, 0.2) is 0 Å². The Labute approximate surface area is 131 Å². The van der Waals surface area contributed by atoms with E-state index >= 15 is 0 Å². The summed E-state index contributed by atoms with van der Waals surface area (Å²) in [5, 5.41) is 9.19. The molecular formula is C16H20N2O3S. The molecule has 0 aliphatic heterocycles. The van der Waals surface area contributed by atoms with Crippen molar-refractivity contribution < 1.29 is 13.5 Å². The smallest absolute Gasteiger partial charge is 0.243 e. The predicted molar refractivity (Wildman–Crippen MR) is 84.7 cm³/mol. The van der Waals surface area contributed by atoms with Gasteiger partial charge in [0.25, 0.3) is 0 Å². The number of hydrogen-bond acceptors (Lipinski definition) is 4. The summed E-state index contributed by atoms with van der Waals surface area (Å²) >= 11 is 0. The first kappa shape index (κ1) is 16.6. The second-order valence-electron chi connectivity index (χ2n) is 4.92. The van der Waals surface area contributed by atoms with Gasteiger partial charge in [-0.1, -0.05) is 25.1 Å². The van der Waals surface area contributed by atoms with Crippen LogP contribution in [0.3, 0.4) is 0 Å². The van der Waals surface area contributed by atoms with E-state index in [1.807, 2.05) is 25.1 Å². The summed E-state index contributed by atoms with van der Waals surface area (Å²) < 4.78 is 26.7. The van der Waals surface area contributed by atoms with Crippen LogP contribution in [-0.4, -0.2) is 36.0 Å². The molecule has 22 heavy (non-hydrogen) atoms. The van der Waals surface area contributed by atoms with E-state index in [0.717, 1.165) is 17.5 Å². The molecule has 0 unspecified atom stereocenters. The van der Waals surface area contributed by atoms with Crippen LogP contribution in [0.1, 0.15) is 18.1 Å². The van der Waals surface area contributed by atoms with E-state index in [-0.39, 0.29) is 24.6 Å². The molecule has 0 amide bonds. The Morgan fingerprint density at radius 2 is 1.86 bits per heavy atom. The Balaban J connectivity index is 2.28. The average molecular weight is 320 g/mol. The highest BCUT2D eigenvalue weighted by Crippen LogP contribution is 2.18. The van der Waals surface area contributed by atoms with Crippen molar-refractivity contribution in [3.63, 3.8) is 0 Å². The standard InChI is InChI=1S/C16H20N2O3S/c1-2-14-5-7-16(8-6-14)22(20,21)18(10-11-19)13-15-4-3-9-17-12-15/h3-9,12,19H,2,10-11,13H2,1H3. The van der Waals surface area contributed by atoms with Gasteiger partial charge in [0.2, 0.25) is 10.0 Å². The minimum atomic E-state index is -3.64. The van der Waals surface area contributed by atoms with E-state index < -0.39 is 10.0 Å². The summed E-state index contributed by atoms with van der Waals surface area (Å²) in [6.45, 7) is 2.02. The lowest BCUT2D eigenvalue weighted by Crippen LogP contribution is -2.33. The van der Waals surface area contributed by atoms with Crippen molar-refractivity contribution in [2.24, 2.45) is 0 Å². The summed E-state index contributed by atoms with van der Waals surface area (Å²) in [6.07, 6.45) is 4.12. The molecule has 1 N–H and O–H groups in total. The Morgan fingerprint density at radius 1 is 1.14 bits per heavy atom. The van der Waals surface area contributed by atoms with Crippen LogP contribution < -0.4 is 0 Å². The molecule has 0 saturated heterocycles. The van der Waals surface area contributed by atoms with Gasteiger partial charge in [0, 0.05) is 25.5 Å². The molecule has 0 bridgehead atoms. The molecule has 6 heteroatoms. The number of nitrogens with zero attached hydrogens (tertiary/aromatic N) is 2. The van der Waals surface area contributed by atoms with Crippen molar-refractivity contribution in [3.05, 3.63) is 59.9 Å². The number of aliphatic hydroxyl groups is 1. The van der Waals surface area contributed by atoms with Crippen LogP contribution in [0.2, 0.25) is 0 Å². The number of hydrogen-bond donors (Lipinski definition) is 1. The maximum atomic E-state index is 12.7. The number of aryl methyl sites for hydroxylation is 1. The quantitative estimate of drug-likeness (QED) is 0.845. The van der Waals surface area contributed by atoms with E-state index in [4.69, 9.17) is 0 Å². The molecule has 118 valence electrons. The minimum absolute atomic E-state index is 0.0484. The SMILES string of the molecule is CCc1ccc(S(=O)(=O)N(CCO)Cc2cccnc2)cc1. The summed E-state index contributed by atoms with van der Waals surface area (Å²) in [5.41, 5.74) is 1.87. The fraction of sp³-hybridized carbons (Fsp3) is 0.312. The topological polar surface area (TPSA) is 70.5 Å². The highest BCUT2D eigenvalue weighted by molar-refractivity contribution is 7.89. The molecule has 0 atom stereocenters. The van der Waals surface area contributed by atoms with Crippen LogP contribution in [0.5, 0.6) is 0 Å². The van der Waals surface area contributed by atoms with Crippen molar-refractivity contribution in [2.75, 3.05) is 13.2 Å². The van der Waals surface area contributed by atoms with Crippen molar-refractivity contribution >= 4 is 10.0 Å². The molecule has 2 rings (SSSR count). The van der Waals surface area contributed by atoms with Crippen LogP contribution in [0, 0.1) is 0 Å². The monoisotopic (exact) mass is 320 g/mol. The van der Waals surface area contributed by atoms with Gasteiger partial charge < -0.3 is 5.11 Å². The van der Waals surface area contributed by atoms with E-state index in [9.17, 15) is 13.5 Å². The summed E-state index contributed by atoms with van der Waals surface area (Å²) in [7, 11) is -3.64. The van der Waals surface area contributed by atoms with Gasteiger partial charge in [-0.3, -0.25) is 4.98 Å². The van der Waals surface area contributed by atoms with Gasteiger partial charge in [-0.25, -0.2) is 8.42 Å². The lowest BCUT2D eigenvalue weighted by Gasteiger charge is -2.21. The predicted octanol–water partition coefficient (Wildman–Crippen LogP) is 1.83. The molecule has 2 aromatic rings. The number of aliphatic hydroxyl groups excluding tert-OH is 1. The van der Waals surface area contributed by atoms with Gasteiger partial charge in [0.1, 0.15) is 0 Å². The largest absolute Gasteiger partial charge is 0.395 e. The Bertz CT molecular complexity index is 685. The fourth-order valence-corrected chi connectivity index (χ4v) is 3.56. The zero-order valence-electron chi connectivity index (χ0n) is 12.5. The summed E-state index contributed by atoms with van der Waals surface area (Å²) in [5.74, 6) is 0. The van der Waals surface area contributed by atoms with Crippen molar-refractivity contribution in [2.45, 2.75) is 24.8 Å². The lowest BCUT2D eigenvalue weighted by atomic mass is 10.2. The Kier molecular flexibility index (Phi) is 5.65. The third kappa shape index (κ3) is 3.91. The third-order valence-electron chi connectivity index (χ3n) is 3.40. The molecule has 5 nitrogen and oxygen atoms in total. The van der Waals surface area contributed by atoms with Gasteiger partial charge in [-0.15, -0.1) is 0 Å². The van der Waals surface area contributed by atoms with Crippen LogP contribution in [-0.2, 0) is 23.0 Å². The molecular weight excluding hydrogens is 300 g/mol. The lowest BCUT2D eigenvalue weighted by molar-refractivity contribution is 0.251. The van der Waals surface area contributed by atoms with Crippen LogP contribution in [0.15, 0.2) is 53.7 Å². The second kappa shape index (κ2) is 7.49. The summed E-state index contributed by atoms with van der Waals surface area (Å²) in [4.78, 5) is 4.23. The zero-order chi connectivity index (χ0) is 16.0. The highest BCUT2D eigenvalue weighted by Gasteiger charge is 2.24. The number of rotatable bonds is 7. The van der Waals surface area contributed by atoms with Gasteiger partial charge in [-0.05, 0) is 35.7 Å². The second-order valence-corrected chi connectivity index (χ2v) is 6.86. The van der Waals surface area contributed by atoms with E-state index in [1.165, 1.54) is 4.31 Å². The molecule has 1 heterocycles. The fourth-order valence-electron chi connectivity index (χ4n) is 2.14. The van der Waals surface area contributed by atoms with E-state index in [0.29, 0.717) is 0 Å². The Hall–Kier alpha value is -1.76. The van der Waals surface area contributed by atoms with Crippen molar-refractivity contribution in [3.8, 4) is 0 Å². The number of aromatic nitrogens is 1. The molecule has 1 aromatic carbocycles. The number of pyridine rings is 1. The van der Waals surface area contributed by atoms with Crippen LogP contribution in [0.25, 0.3) is 0 Å². The molecule has 1 aromatic heterocycles. The first-order valence-corrected chi connectivity index (χ1v) is 8.60. The molecule has 0 spiro atoms. The number of sulfonamides is 1.